The summed E-state index contributed by atoms with van der Waals surface area (Å²) in [7, 11) is 1.43. The molecule has 0 aliphatic carbocycles. The average molecular weight is 214 g/mol. The van der Waals surface area contributed by atoms with E-state index in [4.69, 9.17) is 10.5 Å². The van der Waals surface area contributed by atoms with E-state index in [1.807, 2.05) is 6.92 Å². The van der Waals surface area contributed by atoms with E-state index in [0.717, 1.165) is 19.4 Å². The summed E-state index contributed by atoms with van der Waals surface area (Å²) >= 11 is 0. The molecule has 1 aliphatic heterocycles. The Kier molecular flexibility index (Phi) is 4.54. The van der Waals surface area contributed by atoms with Gasteiger partial charge in [0.05, 0.1) is 7.11 Å². The molecule has 1 aliphatic rings. The molecule has 15 heavy (non-hydrogen) atoms. The molecular weight excluding hydrogens is 192 g/mol. The number of rotatable bonds is 3. The fourth-order valence-electron chi connectivity index (χ4n) is 2.32. The van der Waals surface area contributed by atoms with Crippen molar-refractivity contribution < 1.29 is 9.53 Å². The van der Waals surface area contributed by atoms with Gasteiger partial charge in [0.25, 0.3) is 0 Å². The van der Waals surface area contributed by atoms with Crippen LogP contribution in [0.2, 0.25) is 0 Å². The molecule has 2 N–H and O–H groups in total. The molecule has 0 amide bonds. The monoisotopic (exact) mass is 214 g/mol. The lowest BCUT2D eigenvalue weighted by Gasteiger charge is -2.40. The largest absolute Gasteiger partial charge is 0.468 e. The Morgan fingerprint density at radius 1 is 1.67 bits per heavy atom. The summed E-state index contributed by atoms with van der Waals surface area (Å²) in [6.07, 6.45) is 2.22. The van der Waals surface area contributed by atoms with Crippen LogP contribution in [0.15, 0.2) is 0 Å². The topological polar surface area (TPSA) is 55.6 Å². The lowest BCUT2D eigenvalue weighted by Crippen LogP contribution is -2.53. The van der Waals surface area contributed by atoms with Crippen molar-refractivity contribution in [2.24, 2.45) is 11.7 Å². The minimum absolute atomic E-state index is 0.164. The zero-order valence-electron chi connectivity index (χ0n) is 9.90. The van der Waals surface area contributed by atoms with Gasteiger partial charge in [0, 0.05) is 12.6 Å². The van der Waals surface area contributed by atoms with E-state index < -0.39 is 0 Å². The Labute approximate surface area is 91.8 Å². The third-order valence-corrected chi connectivity index (χ3v) is 3.34. The predicted molar refractivity (Wildman–Crippen MR) is 59.4 cm³/mol. The minimum Gasteiger partial charge on any atom is -0.468 e. The highest BCUT2D eigenvalue weighted by Gasteiger charge is 2.32. The Hall–Kier alpha value is -0.610. The van der Waals surface area contributed by atoms with E-state index in [-0.39, 0.29) is 12.0 Å². The smallest absolute Gasteiger partial charge is 0.322 e. The van der Waals surface area contributed by atoms with Gasteiger partial charge in [0.15, 0.2) is 0 Å². The van der Waals surface area contributed by atoms with Gasteiger partial charge >= 0.3 is 5.97 Å². The van der Waals surface area contributed by atoms with E-state index in [1.165, 1.54) is 7.11 Å². The van der Waals surface area contributed by atoms with Crippen LogP contribution in [0.25, 0.3) is 0 Å². The second-order valence-corrected chi connectivity index (χ2v) is 4.46. The van der Waals surface area contributed by atoms with Gasteiger partial charge in [0.2, 0.25) is 0 Å². The third kappa shape index (κ3) is 2.92. The SMILES string of the molecule is COC(=O)C(C)N1CCC(C)CC1CN. The number of carbonyl (C=O) groups is 1. The molecule has 88 valence electrons. The first kappa shape index (κ1) is 12.5. The summed E-state index contributed by atoms with van der Waals surface area (Å²) in [6, 6.07) is 0.152. The Bertz CT molecular complexity index is 221. The van der Waals surface area contributed by atoms with Crippen molar-refractivity contribution in [3.05, 3.63) is 0 Å². The van der Waals surface area contributed by atoms with Gasteiger partial charge in [-0.3, -0.25) is 9.69 Å². The molecule has 0 bridgehead atoms. The summed E-state index contributed by atoms with van der Waals surface area (Å²) in [6.45, 7) is 5.69. The first-order valence-electron chi connectivity index (χ1n) is 5.63. The summed E-state index contributed by atoms with van der Waals surface area (Å²) in [4.78, 5) is 13.6. The maximum absolute atomic E-state index is 11.4. The van der Waals surface area contributed by atoms with E-state index >= 15 is 0 Å². The summed E-state index contributed by atoms with van der Waals surface area (Å²) in [5.74, 6) is 0.544. The number of ether oxygens (including phenoxy) is 1. The molecule has 1 fully saturated rings. The van der Waals surface area contributed by atoms with Crippen LogP contribution in [0.3, 0.4) is 0 Å². The molecule has 1 rings (SSSR count). The van der Waals surface area contributed by atoms with Gasteiger partial charge in [-0.2, -0.15) is 0 Å². The number of nitrogens with two attached hydrogens (primary N) is 1. The highest BCUT2D eigenvalue weighted by molar-refractivity contribution is 5.75. The van der Waals surface area contributed by atoms with Crippen LogP contribution in [-0.4, -0.2) is 43.2 Å². The zero-order valence-corrected chi connectivity index (χ0v) is 9.90. The first-order chi connectivity index (χ1) is 7.10. The molecule has 0 aromatic heterocycles. The highest BCUT2D eigenvalue weighted by Crippen LogP contribution is 2.23. The molecule has 0 radical (unpaired) electrons. The van der Waals surface area contributed by atoms with Crippen LogP contribution in [-0.2, 0) is 9.53 Å². The Morgan fingerprint density at radius 3 is 2.87 bits per heavy atom. The quantitative estimate of drug-likeness (QED) is 0.699. The van der Waals surface area contributed by atoms with E-state index in [9.17, 15) is 4.79 Å². The molecule has 0 aromatic carbocycles. The lowest BCUT2D eigenvalue weighted by molar-refractivity contribution is -0.148. The van der Waals surface area contributed by atoms with Crippen molar-refractivity contribution in [2.75, 3.05) is 20.2 Å². The number of hydrogen-bond acceptors (Lipinski definition) is 4. The number of methoxy groups -OCH3 is 1. The minimum atomic E-state index is -0.170. The first-order valence-corrected chi connectivity index (χ1v) is 5.63. The lowest BCUT2D eigenvalue weighted by atomic mass is 9.91. The van der Waals surface area contributed by atoms with Crippen molar-refractivity contribution in [1.29, 1.82) is 0 Å². The number of carbonyl (C=O) groups excluding carboxylic acids is 1. The number of nitrogens with zero attached hydrogens (tertiary/aromatic N) is 1. The van der Waals surface area contributed by atoms with Crippen molar-refractivity contribution in [1.82, 2.24) is 4.90 Å². The maximum Gasteiger partial charge on any atom is 0.322 e. The molecule has 0 spiro atoms. The predicted octanol–water partition coefficient (Wildman–Crippen LogP) is 0.607. The molecular formula is C11H22N2O2. The number of piperidine rings is 1. The van der Waals surface area contributed by atoms with Gasteiger partial charge < -0.3 is 10.5 Å². The fraction of sp³-hybridized carbons (Fsp3) is 0.909. The van der Waals surface area contributed by atoms with Crippen LogP contribution < -0.4 is 5.73 Å². The summed E-state index contributed by atoms with van der Waals surface area (Å²) < 4.78 is 4.76. The van der Waals surface area contributed by atoms with Gasteiger partial charge in [-0.15, -0.1) is 0 Å². The van der Waals surface area contributed by atoms with E-state index in [1.54, 1.807) is 0 Å². The van der Waals surface area contributed by atoms with Crippen molar-refractivity contribution in [3.8, 4) is 0 Å². The second kappa shape index (κ2) is 5.47. The van der Waals surface area contributed by atoms with Gasteiger partial charge in [0.1, 0.15) is 6.04 Å². The molecule has 0 aromatic rings. The average Bonchev–Trinajstić information content (AvgIpc) is 2.26. The zero-order chi connectivity index (χ0) is 11.4. The number of hydrogen-bond donors (Lipinski definition) is 1. The molecule has 3 unspecified atom stereocenters. The van der Waals surface area contributed by atoms with Gasteiger partial charge in [-0.05, 0) is 32.2 Å². The molecule has 4 heteroatoms. The summed E-state index contributed by atoms with van der Waals surface area (Å²) in [5.41, 5.74) is 5.74. The van der Waals surface area contributed by atoms with E-state index in [0.29, 0.717) is 18.5 Å². The van der Waals surface area contributed by atoms with Crippen LogP contribution >= 0.6 is 0 Å². The van der Waals surface area contributed by atoms with Crippen LogP contribution in [0, 0.1) is 5.92 Å². The molecule has 1 heterocycles. The van der Waals surface area contributed by atoms with Crippen LogP contribution in [0.4, 0.5) is 0 Å². The fourth-order valence-corrected chi connectivity index (χ4v) is 2.32. The normalized spacial score (nSPS) is 29.9. The second-order valence-electron chi connectivity index (χ2n) is 4.46. The Morgan fingerprint density at radius 2 is 2.33 bits per heavy atom. The molecule has 1 saturated heterocycles. The third-order valence-electron chi connectivity index (χ3n) is 3.34. The maximum atomic E-state index is 11.4. The summed E-state index contributed by atoms with van der Waals surface area (Å²) in [5, 5.41) is 0. The Balaban J connectivity index is 2.62. The number of esters is 1. The highest BCUT2D eigenvalue weighted by atomic mass is 16.5. The number of likely N-dealkylation sites (tertiary alicyclic amines) is 1. The van der Waals surface area contributed by atoms with Crippen molar-refractivity contribution in [2.45, 2.75) is 38.8 Å². The standard InChI is InChI=1S/C11H22N2O2/c1-8-4-5-13(10(6-8)7-12)9(2)11(14)15-3/h8-10H,4-7,12H2,1-3H3. The van der Waals surface area contributed by atoms with Crippen LogP contribution in [0.1, 0.15) is 26.7 Å². The van der Waals surface area contributed by atoms with Crippen molar-refractivity contribution in [3.63, 3.8) is 0 Å². The van der Waals surface area contributed by atoms with E-state index in [2.05, 4.69) is 11.8 Å². The molecule has 4 nitrogen and oxygen atoms in total. The van der Waals surface area contributed by atoms with Gasteiger partial charge in [-0.25, -0.2) is 0 Å². The van der Waals surface area contributed by atoms with Crippen molar-refractivity contribution >= 4 is 5.97 Å². The van der Waals surface area contributed by atoms with Gasteiger partial charge in [-0.1, -0.05) is 6.92 Å². The molecule has 0 saturated carbocycles. The van der Waals surface area contributed by atoms with Crippen LogP contribution in [0.5, 0.6) is 0 Å². The molecule has 3 atom stereocenters.